The highest BCUT2D eigenvalue weighted by Crippen LogP contribution is 2.43. The van der Waals surface area contributed by atoms with Crippen LogP contribution in [0.1, 0.15) is 61.3 Å². The Morgan fingerprint density at radius 3 is 2.77 bits per heavy atom. The fraction of sp³-hybridized carbons (Fsp3) is 0.700. The molecule has 1 aliphatic carbocycles. The Bertz CT molecular complexity index is 504. The van der Waals surface area contributed by atoms with Gasteiger partial charge in [-0.25, -0.2) is 0 Å². The zero-order valence-corrected chi connectivity index (χ0v) is 15.4. The summed E-state index contributed by atoms with van der Waals surface area (Å²) in [5.41, 5.74) is 2.29. The summed E-state index contributed by atoms with van der Waals surface area (Å²) in [6.07, 6.45) is 11.1. The van der Waals surface area contributed by atoms with Gasteiger partial charge in [-0.15, -0.1) is 0 Å². The summed E-state index contributed by atoms with van der Waals surface area (Å²) in [6, 6.07) is 0.391. The van der Waals surface area contributed by atoms with Crippen molar-refractivity contribution in [1.82, 2.24) is 5.32 Å². The van der Waals surface area contributed by atoms with Gasteiger partial charge in [0.2, 0.25) is 0 Å². The maximum absolute atomic E-state index is 6.76. The lowest BCUT2D eigenvalue weighted by molar-refractivity contribution is -0.151. The Labute approximate surface area is 136 Å². The van der Waals surface area contributed by atoms with Crippen LogP contribution in [-0.4, -0.2) is 17.4 Å². The van der Waals surface area contributed by atoms with E-state index in [0.29, 0.717) is 17.9 Å². The quantitative estimate of drug-likeness (QED) is 0.742. The summed E-state index contributed by atoms with van der Waals surface area (Å²) in [5.74, 6) is 0.796. The molecule has 5 unspecified atom stereocenters. The first kappa shape index (κ1) is 17.5. The van der Waals surface area contributed by atoms with E-state index in [1.165, 1.54) is 11.1 Å². The van der Waals surface area contributed by atoms with Crippen LogP contribution in [-0.2, 0) is 4.74 Å². The molecule has 1 heterocycles. The topological polar surface area (TPSA) is 21.3 Å². The van der Waals surface area contributed by atoms with Crippen LogP contribution in [0.2, 0.25) is 0 Å². The molecular formula is C20H33NO. The molecule has 2 aliphatic rings. The van der Waals surface area contributed by atoms with Crippen LogP contribution in [0.3, 0.4) is 0 Å². The lowest BCUT2D eigenvalue weighted by Gasteiger charge is -2.43. The first-order valence-corrected chi connectivity index (χ1v) is 8.74. The van der Waals surface area contributed by atoms with Gasteiger partial charge in [0.25, 0.3) is 0 Å². The molecule has 22 heavy (non-hydrogen) atoms. The molecule has 1 fully saturated rings. The van der Waals surface area contributed by atoms with Gasteiger partial charge in [-0.05, 0) is 52.0 Å². The van der Waals surface area contributed by atoms with Crippen molar-refractivity contribution in [3.05, 3.63) is 35.5 Å². The molecule has 0 aromatic rings. The Kier molecular flexibility index (Phi) is 5.03. The van der Waals surface area contributed by atoms with Crippen molar-refractivity contribution < 1.29 is 4.74 Å². The lowest BCUT2D eigenvalue weighted by Crippen LogP contribution is -2.55. The van der Waals surface area contributed by atoms with Crippen molar-refractivity contribution in [3.8, 4) is 0 Å². The molecule has 0 bridgehead atoms. The summed E-state index contributed by atoms with van der Waals surface area (Å²) in [7, 11) is 0. The van der Waals surface area contributed by atoms with Gasteiger partial charge >= 0.3 is 0 Å². The minimum absolute atomic E-state index is 0.205. The Morgan fingerprint density at radius 2 is 2.14 bits per heavy atom. The van der Waals surface area contributed by atoms with Gasteiger partial charge in [0.05, 0.1) is 5.60 Å². The largest absolute Gasteiger partial charge is 0.349 e. The highest BCUT2D eigenvalue weighted by atomic mass is 16.5. The smallest absolute Gasteiger partial charge is 0.123 e. The highest BCUT2D eigenvalue weighted by Gasteiger charge is 2.47. The average molecular weight is 303 g/mol. The van der Waals surface area contributed by atoms with E-state index in [1.807, 2.05) is 0 Å². The van der Waals surface area contributed by atoms with E-state index in [0.717, 1.165) is 12.8 Å². The van der Waals surface area contributed by atoms with Crippen molar-refractivity contribution in [2.75, 3.05) is 0 Å². The maximum Gasteiger partial charge on any atom is 0.123 e. The number of allylic oxidation sites excluding steroid dienone is 3. The van der Waals surface area contributed by atoms with E-state index in [9.17, 15) is 0 Å². The van der Waals surface area contributed by atoms with Gasteiger partial charge in [0.1, 0.15) is 5.72 Å². The molecule has 124 valence electrons. The van der Waals surface area contributed by atoms with E-state index >= 15 is 0 Å². The van der Waals surface area contributed by atoms with Crippen molar-refractivity contribution in [2.45, 2.75) is 78.7 Å². The van der Waals surface area contributed by atoms with Gasteiger partial charge in [-0.3, -0.25) is 5.32 Å². The second kappa shape index (κ2) is 6.33. The summed E-state index contributed by atoms with van der Waals surface area (Å²) in [4.78, 5) is 0. The fourth-order valence-corrected chi connectivity index (χ4v) is 3.76. The number of ether oxygens (including phenoxy) is 1. The van der Waals surface area contributed by atoms with Gasteiger partial charge in [-0.2, -0.15) is 0 Å². The first-order chi connectivity index (χ1) is 10.2. The molecule has 0 aromatic carbocycles. The van der Waals surface area contributed by atoms with E-state index in [2.05, 4.69) is 78.1 Å². The van der Waals surface area contributed by atoms with E-state index in [-0.39, 0.29) is 11.3 Å². The van der Waals surface area contributed by atoms with Gasteiger partial charge in [-0.1, -0.05) is 50.6 Å². The number of rotatable bonds is 3. The Hall–Kier alpha value is -0.860. The van der Waals surface area contributed by atoms with E-state index in [4.69, 9.17) is 4.74 Å². The summed E-state index contributed by atoms with van der Waals surface area (Å²) < 4.78 is 6.76. The predicted molar refractivity (Wildman–Crippen MR) is 94.7 cm³/mol. The summed E-state index contributed by atoms with van der Waals surface area (Å²) in [5, 5.41) is 3.78. The normalized spacial score (nSPS) is 40.7. The molecule has 1 saturated heterocycles. The van der Waals surface area contributed by atoms with Crippen LogP contribution < -0.4 is 5.32 Å². The van der Waals surface area contributed by atoms with Crippen LogP contribution >= 0.6 is 0 Å². The third kappa shape index (κ3) is 3.23. The van der Waals surface area contributed by atoms with Crippen molar-refractivity contribution >= 4 is 0 Å². The maximum atomic E-state index is 6.76. The number of nitrogens with one attached hydrogen (secondary N) is 1. The molecule has 2 heteroatoms. The third-order valence-electron chi connectivity index (χ3n) is 5.68. The minimum Gasteiger partial charge on any atom is -0.349 e. The van der Waals surface area contributed by atoms with Gasteiger partial charge < -0.3 is 4.74 Å². The third-order valence-corrected chi connectivity index (χ3v) is 5.68. The average Bonchev–Trinajstić information content (AvgIpc) is 2.53. The molecular weight excluding hydrogens is 270 g/mol. The van der Waals surface area contributed by atoms with Gasteiger partial charge in [0.15, 0.2) is 0 Å². The molecule has 1 N–H and O–H groups in total. The number of fused-ring (bicyclic) bond motifs is 1. The molecule has 0 amide bonds. The van der Waals surface area contributed by atoms with E-state index in [1.54, 1.807) is 0 Å². The monoisotopic (exact) mass is 303 g/mol. The number of hydrogen-bond donors (Lipinski definition) is 1. The molecule has 5 atom stereocenters. The molecule has 0 spiro atoms. The van der Waals surface area contributed by atoms with Crippen LogP contribution in [0.5, 0.6) is 0 Å². The zero-order valence-electron chi connectivity index (χ0n) is 15.4. The molecule has 0 saturated carbocycles. The second-order valence-electron chi connectivity index (χ2n) is 7.57. The van der Waals surface area contributed by atoms with Crippen LogP contribution in [0, 0.1) is 11.8 Å². The predicted octanol–water partition coefficient (Wildman–Crippen LogP) is 4.98. The Balaban J connectivity index is 2.39. The summed E-state index contributed by atoms with van der Waals surface area (Å²) in [6.45, 7) is 15.7. The van der Waals surface area contributed by atoms with Crippen molar-refractivity contribution in [3.63, 3.8) is 0 Å². The summed E-state index contributed by atoms with van der Waals surface area (Å²) >= 11 is 0. The Morgan fingerprint density at radius 1 is 1.45 bits per heavy atom. The zero-order chi connectivity index (χ0) is 16.5. The standard InChI is InChI=1S/C20H33NO/c1-8-14(2)13-15(3)20(7)21-17(5)16(4)18-11-9-10-12-19(18,6)22-20/h9-11,13,15-17,21H,8,12H2,1-7H3/b14-13+. The van der Waals surface area contributed by atoms with E-state index < -0.39 is 0 Å². The molecule has 0 aromatic heterocycles. The van der Waals surface area contributed by atoms with Crippen molar-refractivity contribution in [1.29, 1.82) is 0 Å². The minimum atomic E-state index is -0.348. The van der Waals surface area contributed by atoms with Crippen LogP contribution in [0.15, 0.2) is 35.5 Å². The SMILES string of the molecule is CC/C(C)=C/C(C)C1(C)NC(C)C(C)C2=CC=CCC2(C)O1. The van der Waals surface area contributed by atoms with Gasteiger partial charge in [0, 0.05) is 12.0 Å². The second-order valence-corrected chi connectivity index (χ2v) is 7.57. The molecule has 0 radical (unpaired) electrons. The first-order valence-electron chi connectivity index (χ1n) is 8.74. The molecule has 2 nitrogen and oxygen atoms in total. The van der Waals surface area contributed by atoms with Crippen LogP contribution in [0.25, 0.3) is 0 Å². The fourth-order valence-electron chi connectivity index (χ4n) is 3.76. The highest BCUT2D eigenvalue weighted by molar-refractivity contribution is 5.32. The van der Waals surface area contributed by atoms with Crippen molar-refractivity contribution in [2.24, 2.45) is 11.8 Å². The number of hydrogen-bond acceptors (Lipinski definition) is 2. The molecule has 1 aliphatic heterocycles. The molecule has 2 rings (SSSR count). The van der Waals surface area contributed by atoms with Crippen LogP contribution in [0.4, 0.5) is 0 Å². The lowest BCUT2D eigenvalue weighted by atomic mass is 9.79.